The van der Waals surface area contributed by atoms with Crippen LogP contribution in [0.1, 0.15) is 15.9 Å². The Labute approximate surface area is 123 Å². The fourth-order valence-corrected chi connectivity index (χ4v) is 2.44. The maximum Gasteiger partial charge on any atom is 0.195 e. The van der Waals surface area contributed by atoms with Gasteiger partial charge in [0.25, 0.3) is 0 Å². The van der Waals surface area contributed by atoms with E-state index in [9.17, 15) is 4.79 Å². The normalized spacial score (nSPS) is 10.5. The number of fused-ring (bicyclic) bond motifs is 1. The van der Waals surface area contributed by atoms with Crippen LogP contribution in [0.15, 0.2) is 60.7 Å². The molecular weight excluding hydrogens is 262 g/mol. The van der Waals surface area contributed by atoms with Gasteiger partial charge in [-0.2, -0.15) is 0 Å². The second-order valence-electron chi connectivity index (χ2n) is 4.81. The predicted octanol–water partition coefficient (Wildman–Crippen LogP) is 3.66. The van der Waals surface area contributed by atoms with Crippen molar-refractivity contribution >= 4 is 22.2 Å². The van der Waals surface area contributed by atoms with E-state index in [1.807, 2.05) is 42.5 Å². The van der Waals surface area contributed by atoms with Crippen LogP contribution in [0.25, 0.3) is 10.8 Å². The average Bonchev–Trinajstić information content (AvgIpc) is 2.53. The van der Waals surface area contributed by atoms with Crippen molar-refractivity contribution in [1.29, 1.82) is 0 Å². The third kappa shape index (κ3) is 2.34. The molecule has 0 saturated carbocycles. The third-order valence-corrected chi connectivity index (χ3v) is 3.54. The van der Waals surface area contributed by atoms with Crippen molar-refractivity contribution in [3.05, 3.63) is 71.8 Å². The molecule has 0 fully saturated rings. The van der Waals surface area contributed by atoms with Gasteiger partial charge in [0.15, 0.2) is 5.78 Å². The lowest BCUT2D eigenvalue weighted by Gasteiger charge is -2.09. The Morgan fingerprint density at radius 2 is 1.71 bits per heavy atom. The van der Waals surface area contributed by atoms with Crippen molar-refractivity contribution in [2.45, 2.75) is 0 Å². The van der Waals surface area contributed by atoms with Crippen LogP contribution in [-0.2, 0) is 0 Å². The number of carbonyl (C=O) groups excluding carboxylic acids is 1. The number of rotatable bonds is 3. The second-order valence-corrected chi connectivity index (χ2v) is 4.81. The van der Waals surface area contributed by atoms with E-state index in [1.165, 1.54) is 0 Å². The van der Waals surface area contributed by atoms with E-state index in [2.05, 4.69) is 0 Å². The zero-order valence-corrected chi connectivity index (χ0v) is 11.7. The van der Waals surface area contributed by atoms with Gasteiger partial charge in [-0.1, -0.05) is 42.5 Å². The Morgan fingerprint density at radius 3 is 2.48 bits per heavy atom. The molecule has 0 unspecified atom stereocenters. The Bertz CT molecular complexity index is 819. The van der Waals surface area contributed by atoms with Crippen LogP contribution in [0.2, 0.25) is 0 Å². The van der Waals surface area contributed by atoms with Gasteiger partial charge in [0, 0.05) is 22.9 Å². The van der Waals surface area contributed by atoms with Gasteiger partial charge < -0.3 is 10.5 Å². The molecule has 3 nitrogen and oxygen atoms in total. The Kier molecular flexibility index (Phi) is 3.32. The fourth-order valence-electron chi connectivity index (χ4n) is 2.44. The van der Waals surface area contributed by atoms with Crippen LogP contribution in [0.5, 0.6) is 5.75 Å². The SMILES string of the molecule is COc1ccc(C(=O)c2cccc3ccccc23)c(N)c1. The Morgan fingerprint density at radius 1 is 0.952 bits per heavy atom. The van der Waals surface area contributed by atoms with Crippen molar-refractivity contribution in [1.82, 2.24) is 0 Å². The summed E-state index contributed by atoms with van der Waals surface area (Å²) in [6.45, 7) is 0. The number of hydrogen-bond acceptors (Lipinski definition) is 3. The molecule has 0 atom stereocenters. The number of methoxy groups -OCH3 is 1. The molecule has 0 aliphatic rings. The molecule has 21 heavy (non-hydrogen) atoms. The molecule has 0 aliphatic heterocycles. The van der Waals surface area contributed by atoms with Crippen LogP contribution < -0.4 is 10.5 Å². The molecule has 3 heteroatoms. The summed E-state index contributed by atoms with van der Waals surface area (Å²) < 4.78 is 5.11. The number of nitrogens with two attached hydrogens (primary N) is 1. The van der Waals surface area contributed by atoms with Gasteiger partial charge in [0.05, 0.1) is 7.11 Å². The molecule has 0 heterocycles. The van der Waals surface area contributed by atoms with Gasteiger partial charge in [0.1, 0.15) is 5.75 Å². The lowest BCUT2D eigenvalue weighted by atomic mass is 9.96. The smallest absolute Gasteiger partial charge is 0.195 e. The summed E-state index contributed by atoms with van der Waals surface area (Å²) in [4.78, 5) is 12.8. The first-order valence-electron chi connectivity index (χ1n) is 6.66. The molecule has 0 radical (unpaired) electrons. The fraction of sp³-hybridized carbons (Fsp3) is 0.0556. The zero-order chi connectivity index (χ0) is 14.8. The maximum atomic E-state index is 12.8. The largest absolute Gasteiger partial charge is 0.497 e. The second kappa shape index (κ2) is 5.29. The highest BCUT2D eigenvalue weighted by molar-refractivity contribution is 6.18. The number of hydrogen-bond donors (Lipinski definition) is 1. The highest BCUT2D eigenvalue weighted by Crippen LogP contribution is 2.26. The first-order chi connectivity index (χ1) is 10.2. The topological polar surface area (TPSA) is 52.3 Å². The summed E-state index contributed by atoms with van der Waals surface area (Å²) in [5, 5.41) is 1.97. The van der Waals surface area contributed by atoms with E-state index in [0.717, 1.165) is 10.8 Å². The zero-order valence-electron chi connectivity index (χ0n) is 11.7. The van der Waals surface area contributed by atoms with Crippen molar-refractivity contribution in [3.8, 4) is 5.75 Å². The molecule has 2 N–H and O–H groups in total. The first-order valence-corrected chi connectivity index (χ1v) is 6.66. The number of ether oxygens (including phenoxy) is 1. The molecule has 3 aromatic carbocycles. The predicted molar refractivity (Wildman–Crippen MR) is 84.8 cm³/mol. The van der Waals surface area contributed by atoms with Crippen LogP contribution in [0.3, 0.4) is 0 Å². The molecule has 0 saturated heterocycles. The van der Waals surface area contributed by atoms with Crippen LogP contribution in [0, 0.1) is 0 Å². The van der Waals surface area contributed by atoms with Gasteiger partial charge in [-0.3, -0.25) is 4.79 Å². The number of carbonyl (C=O) groups is 1. The van der Waals surface area contributed by atoms with E-state index in [-0.39, 0.29) is 5.78 Å². The van der Waals surface area contributed by atoms with E-state index in [4.69, 9.17) is 10.5 Å². The minimum atomic E-state index is -0.0769. The molecule has 0 amide bonds. The molecule has 0 aromatic heterocycles. The Hall–Kier alpha value is -2.81. The molecule has 3 aromatic rings. The van der Waals surface area contributed by atoms with Gasteiger partial charge in [-0.15, -0.1) is 0 Å². The molecule has 3 rings (SSSR count). The molecule has 104 valence electrons. The van der Waals surface area contributed by atoms with Crippen LogP contribution >= 0.6 is 0 Å². The van der Waals surface area contributed by atoms with Crippen molar-refractivity contribution in [2.75, 3.05) is 12.8 Å². The highest BCUT2D eigenvalue weighted by Gasteiger charge is 2.15. The monoisotopic (exact) mass is 277 g/mol. The van der Waals surface area contributed by atoms with Crippen LogP contribution in [-0.4, -0.2) is 12.9 Å². The average molecular weight is 277 g/mol. The molecule has 0 bridgehead atoms. The number of ketones is 1. The van der Waals surface area contributed by atoms with E-state index < -0.39 is 0 Å². The lowest BCUT2D eigenvalue weighted by molar-refractivity contribution is 0.104. The molecule has 0 aliphatic carbocycles. The summed E-state index contributed by atoms with van der Waals surface area (Å²) in [5.41, 5.74) is 7.55. The van der Waals surface area contributed by atoms with Crippen molar-refractivity contribution in [2.24, 2.45) is 0 Å². The van der Waals surface area contributed by atoms with Gasteiger partial charge in [-0.05, 0) is 22.9 Å². The standard InChI is InChI=1S/C18H15NO2/c1-21-13-9-10-16(17(19)11-13)18(20)15-8-4-6-12-5-2-3-7-14(12)15/h2-11H,19H2,1H3. The van der Waals surface area contributed by atoms with Gasteiger partial charge in [-0.25, -0.2) is 0 Å². The molecular formula is C18H15NO2. The Balaban J connectivity index is 2.13. The number of anilines is 1. The summed E-state index contributed by atoms with van der Waals surface area (Å²) in [6.07, 6.45) is 0. The molecule has 0 spiro atoms. The van der Waals surface area contributed by atoms with Crippen molar-refractivity contribution in [3.63, 3.8) is 0 Å². The minimum absolute atomic E-state index is 0.0769. The summed E-state index contributed by atoms with van der Waals surface area (Å²) >= 11 is 0. The van der Waals surface area contributed by atoms with E-state index >= 15 is 0 Å². The minimum Gasteiger partial charge on any atom is -0.497 e. The summed E-state index contributed by atoms with van der Waals surface area (Å²) in [7, 11) is 1.57. The number of nitrogen functional groups attached to an aromatic ring is 1. The third-order valence-electron chi connectivity index (χ3n) is 3.54. The van der Waals surface area contributed by atoms with E-state index in [0.29, 0.717) is 22.6 Å². The highest BCUT2D eigenvalue weighted by atomic mass is 16.5. The van der Waals surface area contributed by atoms with Gasteiger partial charge in [0.2, 0.25) is 0 Å². The number of benzene rings is 3. The van der Waals surface area contributed by atoms with E-state index in [1.54, 1.807) is 25.3 Å². The lowest BCUT2D eigenvalue weighted by Crippen LogP contribution is -2.06. The summed E-state index contributed by atoms with van der Waals surface area (Å²) in [5.74, 6) is 0.564. The van der Waals surface area contributed by atoms with Crippen LogP contribution in [0.4, 0.5) is 5.69 Å². The van der Waals surface area contributed by atoms with Gasteiger partial charge >= 0.3 is 0 Å². The summed E-state index contributed by atoms with van der Waals surface area (Å²) in [6, 6.07) is 18.6. The first kappa shape index (κ1) is 13.2. The maximum absolute atomic E-state index is 12.8. The van der Waals surface area contributed by atoms with Crippen molar-refractivity contribution < 1.29 is 9.53 Å². The quantitative estimate of drug-likeness (QED) is 0.587.